The minimum atomic E-state index is -0.907. The summed E-state index contributed by atoms with van der Waals surface area (Å²) in [5.41, 5.74) is 3.46. The van der Waals surface area contributed by atoms with Gasteiger partial charge in [-0.1, -0.05) is 59.8 Å². The average molecular weight is 296 g/mol. The third kappa shape index (κ3) is 4.73. The van der Waals surface area contributed by atoms with Gasteiger partial charge >= 0.3 is 5.97 Å². The molecule has 22 heavy (non-hydrogen) atoms. The Labute approximate surface area is 132 Å². The van der Waals surface area contributed by atoms with Gasteiger partial charge in [-0.2, -0.15) is 0 Å². The van der Waals surface area contributed by atoms with Gasteiger partial charge in [0.15, 0.2) is 0 Å². The molecule has 2 unspecified atom stereocenters. The minimum absolute atomic E-state index is 0.555. The zero-order chi connectivity index (χ0) is 15.9. The van der Waals surface area contributed by atoms with Crippen molar-refractivity contribution < 1.29 is 9.90 Å². The normalized spacial score (nSPS) is 27.5. The molecule has 0 aromatic heterocycles. The van der Waals surface area contributed by atoms with Crippen molar-refractivity contribution in [2.24, 2.45) is 11.8 Å². The summed E-state index contributed by atoms with van der Waals surface area (Å²) < 4.78 is 0. The first-order chi connectivity index (χ1) is 10.6. The van der Waals surface area contributed by atoms with Gasteiger partial charge in [0.25, 0.3) is 0 Å². The van der Waals surface area contributed by atoms with Crippen LogP contribution in [0.25, 0.3) is 0 Å². The van der Waals surface area contributed by atoms with E-state index >= 15 is 0 Å². The summed E-state index contributed by atoms with van der Waals surface area (Å²) in [6.07, 6.45) is 22.0. The van der Waals surface area contributed by atoms with E-state index < -0.39 is 5.97 Å². The SMILES string of the molecule is CC(=C\C=C\C(C)=C\C(=O)O)/C=C1\CCCC2C=CC=CC12. The molecule has 2 aliphatic rings. The van der Waals surface area contributed by atoms with Gasteiger partial charge in [0.05, 0.1) is 0 Å². The molecule has 1 N–H and O–H groups in total. The van der Waals surface area contributed by atoms with E-state index in [1.165, 1.54) is 36.5 Å². The van der Waals surface area contributed by atoms with Crippen LogP contribution in [-0.2, 0) is 4.79 Å². The van der Waals surface area contributed by atoms with Gasteiger partial charge in [-0.25, -0.2) is 4.79 Å². The molecule has 0 radical (unpaired) electrons. The first-order valence-corrected chi connectivity index (χ1v) is 7.88. The fourth-order valence-electron chi connectivity index (χ4n) is 3.14. The Bertz CT molecular complexity index is 597. The number of fused-ring (bicyclic) bond motifs is 1. The summed E-state index contributed by atoms with van der Waals surface area (Å²) in [5, 5.41) is 8.67. The third-order valence-electron chi connectivity index (χ3n) is 4.16. The molecule has 0 aromatic carbocycles. The van der Waals surface area contributed by atoms with E-state index in [4.69, 9.17) is 5.11 Å². The third-order valence-corrected chi connectivity index (χ3v) is 4.16. The van der Waals surface area contributed by atoms with Crippen LogP contribution in [0.2, 0.25) is 0 Å². The van der Waals surface area contributed by atoms with E-state index in [0.717, 1.165) is 5.57 Å². The van der Waals surface area contributed by atoms with Crippen LogP contribution in [0, 0.1) is 11.8 Å². The maximum Gasteiger partial charge on any atom is 0.328 e. The van der Waals surface area contributed by atoms with Crippen LogP contribution < -0.4 is 0 Å². The number of carboxylic acids is 1. The molecule has 0 amide bonds. The number of hydrogen-bond acceptors (Lipinski definition) is 1. The van der Waals surface area contributed by atoms with E-state index in [-0.39, 0.29) is 0 Å². The lowest BCUT2D eigenvalue weighted by Crippen LogP contribution is -2.20. The Morgan fingerprint density at radius 3 is 2.77 bits per heavy atom. The molecule has 2 aliphatic carbocycles. The second-order valence-electron chi connectivity index (χ2n) is 6.07. The largest absolute Gasteiger partial charge is 0.478 e. The molecular weight excluding hydrogens is 272 g/mol. The number of carbonyl (C=O) groups is 1. The highest BCUT2D eigenvalue weighted by Crippen LogP contribution is 2.38. The van der Waals surface area contributed by atoms with Gasteiger partial charge < -0.3 is 5.11 Å². The zero-order valence-electron chi connectivity index (χ0n) is 13.3. The van der Waals surface area contributed by atoms with Crippen molar-refractivity contribution in [2.75, 3.05) is 0 Å². The van der Waals surface area contributed by atoms with Crippen molar-refractivity contribution in [3.8, 4) is 0 Å². The van der Waals surface area contributed by atoms with E-state index in [0.29, 0.717) is 11.8 Å². The molecule has 2 heteroatoms. The summed E-state index contributed by atoms with van der Waals surface area (Å²) >= 11 is 0. The van der Waals surface area contributed by atoms with Crippen molar-refractivity contribution in [3.63, 3.8) is 0 Å². The van der Waals surface area contributed by atoms with Gasteiger partial charge in [-0.15, -0.1) is 0 Å². The number of hydrogen-bond donors (Lipinski definition) is 1. The smallest absolute Gasteiger partial charge is 0.328 e. The van der Waals surface area contributed by atoms with Crippen LogP contribution in [-0.4, -0.2) is 11.1 Å². The van der Waals surface area contributed by atoms with Crippen molar-refractivity contribution in [1.82, 2.24) is 0 Å². The first-order valence-electron chi connectivity index (χ1n) is 7.88. The zero-order valence-corrected chi connectivity index (χ0v) is 13.3. The maximum absolute atomic E-state index is 10.6. The van der Waals surface area contributed by atoms with Crippen molar-refractivity contribution in [3.05, 3.63) is 71.4 Å². The molecule has 0 aromatic rings. The van der Waals surface area contributed by atoms with Crippen LogP contribution in [0.1, 0.15) is 33.1 Å². The lowest BCUT2D eigenvalue weighted by atomic mass is 9.73. The molecule has 2 rings (SSSR count). The van der Waals surface area contributed by atoms with Crippen LogP contribution in [0.4, 0.5) is 0 Å². The van der Waals surface area contributed by atoms with E-state index in [2.05, 4.69) is 37.3 Å². The lowest BCUT2D eigenvalue weighted by molar-refractivity contribution is -0.131. The highest BCUT2D eigenvalue weighted by molar-refractivity contribution is 5.81. The molecule has 0 saturated heterocycles. The molecule has 0 bridgehead atoms. The van der Waals surface area contributed by atoms with E-state index in [9.17, 15) is 4.79 Å². The second kappa shape index (κ2) is 7.79. The maximum atomic E-state index is 10.6. The fourth-order valence-corrected chi connectivity index (χ4v) is 3.14. The summed E-state index contributed by atoms with van der Waals surface area (Å²) in [6, 6.07) is 0. The Balaban J connectivity index is 2.06. The molecule has 1 saturated carbocycles. The lowest BCUT2D eigenvalue weighted by Gasteiger charge is -2.31. The number of allylic oxidation sites excluding steroid dienone is 11. The van der Waals surface area contributed by atoms with E-state index in [1.807, 2.05) is 18.2 Å². The fraction of sp³-hybridized carbons (Fsp3) is 0.350. The van der Waals surface area contributed by atoms with Crippen molar-refractivity contribution in [2.45, 2.75) is 33.1 Å². The topological polar surface area (TPSA) is 37.3 Å². The molecular formula is C20H24O2. The average Bonchev–Trinajstić information content (AvgIpc) is 2.47. The number of aliphatic carboxylic acids is 1. The number of rotatable bonds is 4. The molecule has 0 heterocycles. The predicted molar refractivity (Wildman–Crippen MR) is 91.5 cm³/mol. The van der Waals surface area contributed by atoms with E-state index in [1.54, 1.807) is 6.92 Å². The van der Waals surface area contributed by atoms with Crippen LogP contribution in [0.3, 0.4) is 0 Å². The van der Waals surface area contributed by atoms with Gasteiger partial charge in [0, 0.05) is 12.0 Å². The predicted octanol–water partition coefficient (Wildman–Crippen LogP) is 4.99. The van der Waals surface area contributed by atoms with Crippen molar-refractivity contribution in [1.29, 1.82) is 0 Å². The summed E-state index contributed by atoms with van der Waals surface area (Å²) in [4.78, 5) is 10.6. The summed E-state index contributed by atoms with van der Waals surface area (Å²) in [6.45, 7) is 3.89. The highest BCUT2D eigenvalue weighted by Gasteiger charge is 2.25. The van der Waals surface area contributed by atoms with Gasteiger partial charge in [-0.3, -0.25) is 0 Å². The molecule has 2 atom stereocenters. The summed E-state index contributed by atoms with van der Waals surface area (Å²) in [5.74, 6) is 0.309. The molecule has 1 fully saturated rings. The van der Waals surface area contributed by atoms with Gasteiger partial charge in [0.1, 0.15) is 0 Å². The van der Waals surface area contributed by atoms with Crippen molar-refractivity contribution >= 4 is 5.97 Å². The first kappa shape index (κ1) is 16.3. The minimum Gasteiger partial charge on any atom is -0.478 e. The molecule has 0 spiro atoms. The van der Waals surface area contributed by atoms with Gasteiger partial charge in [0.2, 0.25) is 0 Å². The van der Waals surface area contributed by atoms with Gasteiger partial charge in [-0.05, 0) is 44.6 Å². The Hall–Kier alpha value is -2.09. The standard InChI is InChI=1S/C20H24O2/c1-15(7-5-8-16(2)14-20(21)22)13-18-11-6-10-17-9-3-4-12-19(17)18/h3-5,7-9,12-14,17,19H,6,10-11H2,1-2H3,(H,21,22)/b8-5+,15-7+,16-14+,18-13+. The van der Waals surface area contributed by atoms with Crippen LogP contribution in [0.5, 0.6) is 0 Å². The second-order valence-corrected chi connectivity index (χ2v) is 6.07. The Kier molecular flexibility index (Phi) is 5.76. The van der Waals surface area contributed by atoms with Crippen LogP contribution in [0.15, 0.2) is 71.4 Å². The van der Waals surface area contributed by atoms with Crippen LogP contribution >= 0.6 is 0 Å². The quantitative estimate of drug-likeness (QED) is 0.586. The number of carboxylic acid groups (broad SMARTS) is 1. The molecule has 2 nitrogen and oxygen atoms in total. The molecule has 0 aliphatic heterocycles. The Morgan fingerprint density at radius 1 is 1.23 bits per heavy atom. The highest BCUT2D eigenvalue weighted by atomic mass is 16.4. The molecule has 116 valence electrons. The monoisotopic (exact) mass is 296 g/mol. The Morgan fingerprint density at radius 2 is 2.00 bits per heavy atom. The summed E-state index contributed by atoms with van der Waals surface area (Å²) in [7, 11) is 0.